The molecule has 7 heteroatoms. The van der Waals surface area contributed by atoms with Crippen molar-refractivity contribution in [3.8, 4) is 0 Å². The van der Waals surface area contributed by atoms with Crippen molar-refractivity contribution in [1.82, 2.24) is 10.6 Å². The summed E-state index contributed by atoms with van der Waals surface area (Å²) in [5.41, 5.74) is -0.495. The number of alkyl carbamates (subject to hydrolysis) is 1. The molecule has 0 aliphatic carbocycles. The Bertz CT molecular complexity index is 437. The highest BCUT2D eigenvalue weighted by Gasteiger charge is 2.20. The van der Waals surface area contributed by atoms with Crippen molar-refractivity contribution >= 4 is 15.9 Å². The highest BCUT2D eigenvalue weighted by Crippen LogP contribution is 2.07. The molecular weight excluding hydrogens is 268 g/mol. The highest BCUT2D eigenvalue weighted by atomic mass is 32.2. The average molecular weight is 290 g/mol. The van der Waals surface area contributed by atoms with Crippen molar-refractivity contribution in [3.05, 3.63) is 11.5 Å². The third-order valence-corrected chi connectivity index (χ3v) is 3.75. The highest BCUT2D eigenvalue weighted by molar-refractivity contribution is 7.94. The second-order valence-electron chi connectivity index (χ2n) is 5.50. The fourth-order valence-electron chi connectivity index (χ4n) is 1.58. The molecular formula is C12H22N2O4S. The fourth-order valence-corrected chi connectivity index (χ4v) is 2.85. The van der Waals surface area contributed by atoms with Gasteiger partial charge in [0.15, 0.2) is 9.84 Å². The van der Waals surface area contributed by atoms with E-state index >= 15 is 0 Å². The van der Waals surface area contributed by atoms with E-state index in [-0.39, 0.29) is 11.8 Å². The Morgan fingerprint density at radius 1 is 1.37 bits per heavy atom. The maximum atomic E-state index is 11.3. The maximum absolute atomic E-state index is 11.3. The van der Waals surface area contributed by atoms with E-state index in [1.807, 2.05) is 0 Å². The molecule has 1 aliphatic heterocycles. The van der Waals surface area contributed by atoms with Gasteiger partial charge in [0.25, 0.3) is 0 Å². The molecule has 110 valence electrons. The summed E-state index contributed by atoms with van der Waals surface area (Å²) in [6.45, 7) is 6.55. The predicted molar refractivity (Wildman–Crippen MR) is 73.6 cm³/mol. The molecule has 6 nitrogen and oxygen atoms in total. The zero-order chi connectivity index (χ0) is 14.5. The molecule has 0 saturated carbocycles. The molecule has 1 heterocycles. The first-order valence-corrected chi connectivity index (χ1v) is 8.01. The largest absolute Gasteiger partial charge is 0.444 e. The van der Waals surface area contributed by atoms with Crippen LogP contribution in [0.25, 0.3) is 0 Å². The van der Waals surface area contributed by atoms with E-state index in [1.54, 1.807) is 26.8 Å². The van der Waals surface area contributed by atoms with Crippen LogP contribution in [0.15, 0.2) is 11.5 Å². The average Bonchev–Trinajstić information content (AvgIpc) is 2.55. The Labute approximate surface area is 114 Å². The van der Waals surface area contributed by atoms with Gasteiger partial charge >= 0.3 is 6.09 Å². The molecule has 0 saturated heterocycles. The molecule has 1 amide bonds. The molecule has 1 atom stereocenters. The van der Waals surface area contributed by atoms with Crippen LogP contribution in [0.3, 0.4) is 0 Å². The molecule has 0 aromatic carbocycles. The Kier molecular flexibility index (Phi) is 5.37. The van der Waals surface area contributed by atoms with Gasteiger partial charge in [-0.2, -0.15) is 0 Å². The quantitative estimate of drug-likeness (QED) is 0.732. The van der Waals surface area contributed by atoms with Gasteiger partial charge < -0.3 is 15.4 Å². The van der Waals surface area contributed by atoms with Crippen molar-refractivity contribution < 1.29 is 17.9 Å². The van der Waals surface area contributed by atoms with Crippen molar-refractivity contribution in [3.63, 3.8) is 0 Å². The van der Waals surface area contributed by atoms with Gasteiger partial charge in [-0.05, 0) is 33.7 Å². The van der Waals surface area contributed by atoms with Gasteiger partial charge in [-0.3, -0.25) is 0 Å². The topological polar surface area (TPSA) is 84.5 Å². The van der Waals surface area contributed by atoms with Crippen LogP contribution < -0.4 is 10.6 Å². The first kappa shape index (κ1) is 16.0. The van der Waals surface area contributed by atoms with Crippen molar-refractivity contribution in [2.75, 3.05) is 18.8 Å². The van der Waals surface area contributed by atoms with Crippen LogP contribution in [0.4, 0.5) is 4.79 Å². The van der Waals surface area contributed by atoms with Gasteiger partial charge in [0, 0.05) is 18.0 Å². The molecule has 0 aromatic heterocycles. The Balaban J connectivity index is 2.06. The minimum Gasteiger partial charge on any atom is -0.444 e. The molecule has 1 unspecified atom stereocenters. The molecule has 0 aromatic rings. The second-order valence-corrected chi connectivity index (χ2v) is 7.43. The van der Waals surface area contributed by atoms with Gasteiger partial charge in [0.05, 0.1) is 5.75 Å². The first-order chi connectivity index (χ1) is 8.68. The van der Waals surface area contributed by atoms with Crippen LogP contribution >= 0.6 is 0 Å². The Morgan fingerprint density at radius 3 is 2.58 bits per heavy atom. The molecule has 19 heavy (non-hydrogen) atoms. The van der Waals surface area contributed by atoms with E-state index in [1.165, 1.54) is 5.41 Å². The lowest BCUT2D eigenvalue weighted by Crippen LogP contribution is -2.35. The standard InChI is InChI=1S/C12H22N2O4S/c1-12(2,3)18-11(15)14-7-4-6-13-10-5-8-19(16,17)9-10/h5,8,10,13H,4,6-7,9H2,1-3H3,(H,14,15). The molecule has 2 N–H and O–H groups in total. The molecule has 0 radical (unpaired) electrons. The fraction of sp³-hybridized carbons (Fsp3) is 0.750. The molecule has 1 rings (SSSR count). The SMILES string of the molecule is CC(C)(C)OC(=O)NCCCNC1C=CS(=O)(=O)C1. The number of carbonyl (C=O) groups excluding carboxylic acids is 1. The molecule has 0 fully saturated rings. The Hall–Kier alpha value is -1.08. The minimum absolute atomic E-state index is 0.118. The summed E-state index contributed by atoms with van der Waals surface area (Å²) in [6.07, 6.45) is 1.93. The zero-order valence-electron chi connectivity index (χ0n) is 11.6. The first-order valence-electron chi connectivity index (χ1n) is 6.29. The molecule has 0 bridgehead atoms. The van der Waals surface area contributed by atoms with E-state index in [0.717, 1.165) is 0 Å². The van der Waals surface area contributed by atoms with E-state index in [4.69, 9.17) is 4.74 Å². The summed E-state index contributed by atoms with van der Waals surface area (Å²) in [6, 6.07) is -0.119. The summed E-state index contributed by atoms with van der Waals surface area (Å²) in [5, 5.41) is 6.98. The number of nitrogens with one attached hydrogen (secondary N) is 2. The monoisotopic (exact) mass is 290 g/mol. The van der Waals surface area contributed by atoms with Crippen molar-refractivity contribution in [2.45, 2.75) is 38.8 Å². The van der Waals surface area contributed by atoms with Gasteiger partial charge in [-0.25, -0.2) is 13.2 Å². The number of hydrogen-bond acceptors (Lipinski definition) is 5. The van der Waals surface area contributed by atoms with Crippen molar-refractivity contribution in [1.29, 1.82) is 0 Å². The summed E-state index contributed by atoms with van der Waals surface area (Å²) >= 11 is 0. The van der Waals surface area contributed by atoms with E-state index in [2.05, 4.69) is 10.6 Å². The summed E-state index contributed by atoms with van der Waals surface area (Å²) in [4.78, 5) is 11.3. The minimum atomic E-state index is -3.00. The van der Waals surface area contributed by atoms with Gasteiger partial charge in [-0.1, -0.05) is 6.08 Å². The van der Waals surface area contributed by atoms with Crippen LogP contribution in [-0.2, 0) is 14.6 Å². The Morgan fingerprint density at radius 2 is 2.05 bits per heavy atom. The normalized spacial score (nSPS) is 21.3. The number of carbonyl (C=O) groups is 1. The summed E-state index contributed by atoms with van der Waals surface area (Å²) in [7, 11) is -3.00. The van der Waals surface area contributed by atoms with Crippen LogP contribution in [0.2, 0.25) is 0 Å². The second kappa shape index (κ2) is 6.38. The lowest BCUT2D eigenvalue weighted by atomic mass is 10.2. The van der Waals surface area contributed by atoms with Crippen LogP contribution in [0.5, 0.6) is 0 Å². The van der Waals surface area contributed by atoms with Gasteiger partial charge in [0.1, 0.15) is 5.60 Å². The zero-order valence-corrected chi connectivity index (χ0v) is 12.4. The van der Waals surface area contributed by atoms with Crippen LogP contribution in [0, 0.1) is 0 Å². The van der Waals surface area contributed by atoms with E-state index in [0.29, 0.717) is 19.5 Å². The van der Waals surface area contributed by atoms with Crippen LogP contribution in [-0.4, -0.2) is 45.0 Å². The van der Waals surface area contributed by atoms with Gasteiger partial charge in [0.2, 0.25) is 0 Å². The third-order valence-electron chi connectivity index (χ3n) is 2.36. The number of amides is 1. The smallest absolute Gasteiger partial charge is 0.407 e. The van der Waals surface area contributed by atoms with E-state index < -0.39 is 21.5 Å². The lowest BCUT2D eigenvalue weighted by Gasteiger charge is -2.19. The van der Waals surface area contributed by atoms with E-state index in [9.17, 15) is 13.2 Å². The predicted octanol–water partition coefficient (Wildman–Crippen LogP) is 0.801. The number of sulfone groups is 1. The number of rotatable bonds is 5. The van der Waals surface area contributed by atoms with Crippen LogP contribution in [0.1, 0.15) is 27.2 Å². The molecule has 1 aliphatic rings. The number of ether oxygens (including phenoxy) is 1. The number of hydrogen-bond donors (Lipinski definition) is 2. The van der Waals surface area contributed by atoms with Gasteiger partial charge in [-0.15, -0.1) is 0 Å². The molecule has 0 spiro atoms. The maximum Gasteiger partial charge on any atom is 0.407 e. The summed E-state index contributed by atoms with van der Waals surface area (Å²) < 4.78 is 27.4. The van der Waals surface area contributed by atoms with Crippen molar-refractivity contribution in [2.24, 2.45) is 0 Å². The third kappa shape index (κ3) is 7.17. The lowest BCUT2D eigenvalue weighted by molar-refractivity contribution is 0.0527. The summed E-state index contributed by atoms with van der Waals surface area (Å²) in [5.74, 6) is 0.118.